The molecule has 4 N–H and O–H groups in total. The highest BCUT2D eigenvalue weighted by Gasteiger charge is 2.41. The van der Waals surface area contributed by atoms with Gasteiger partial charge >= 0.3 is 12.2 Å². The van der Waals surface area contributed by atoms with Crippen molar-refractivity contribution in [3.05, 3.63) is 114 Å². The molecule has 1 aromatic heterocycles. The van der Waals surface area contributed by atoms with Crippen molar-refractivity contribution in [3.63, 3.8) is 0 Å². The van der Waals surface area contributed by atoms with Gasteiger partial charge in [-0.25, -0.2) is 14.6 Å². The van der Waals surface area contributed by atoms with E-state index in [-0.39, 0.29) is 36.0 Å². The number of fused-ring (bicyclic) bond motifs is 1. The Morgan fingerprint density at radius 3 is 2.14 bits per heavy atom. The van der Waals surface area contributed by atoms with E-state index in [0.29, 0.717) is 51.3 Å². The average Bonchev–Trinajstić information content (AvgIpc) is 4.20. The SMILES string of the molecule is COC(=O)N[C@H](C(=O)N1CCC[C@H]1c1ncc(-c2ccc(-c3ccc4cc(C5=NC([C@@H]6CCCN6C(=O)[C@H](NC(=O)OC)c6ccccc6)NC5)ccc4c3)cc2)[nH]1)C1CCOCC1. The van der Waals surface area contributed by atoms with Crippen LogP contribution < -0.4 is 16.0 Å². The lowest BCUT2D eigenvalue weighted by molar-refractivity contribution is -0.137. The predicted molar refractivity (Wildman–Crippen MR) is 241 cm³/mol. The molecule has 3 fully saturated rings. The Kier molecular flexibility index (Phi) is 12.7. The highest BCUT2D eigenvalue weighted by atomic mass is 16.5. The van der Waals surface area contributed by atoms with Gasteiger partial charge in [0.05, 0.1) is 43.9 Å². The van der Waals surface area contributed by atoms with Gasteiger partial charge in [-0.2, -0.15) is 0 Å². The number of methoxy groups -OCH3 is 2. The number of amides is 4. The molecule has 0 spiro atoms. The van der Waals surface area contributed by atoms with Gasteiger partial charge in [0.1, 0.15) is 24.1 Å². The van der Waals surface area contributed by atoms with Crippen LogP contribution in [-0.2, 0) is 23.8 Å². The number of imidazole rings is 1. The van der Waals surface area contributed by atoms with Crippen LogP contribution in [0.5, 0.6) is 0 Å². The maximum atomic E-state index is 14.0. The van der Waals surface area contributed by atoms with Gasteiger partial charge in [-0.3, -0.25) is 19.9 Å². The lowest BCUT2D eigenvalue weighted by atomic mass is 9.90. The second-order valence-electron chi connectivity index (χ2n) is 16.9. The fourth-order valence-electron chi connectivity index (χ4n) is 9.74. The summed E-state index contributed by atoms with van der Waals surface area (Å²) in [5.74, 6) is 0.415. The first-order valence-corrected chi connectivity index (χ1v) is 22.2. The minimum absolute atomic E-state index is 0.0276. The zero-order valence-electron chi connectivity index (χ0n) is 36.1. The average molecular weight is 867 g/mol. The number of nitrogens with one attached hydrogen (secondary N) is 4. The summed E-state index contributed by atoms with van der Waals surface area (Å²) in [5, 5.41) is 11.3. The van der Waals surface area contributed by atoms with E-state index in [1.165, 1.54) is 14.2 Å². The Balaban J connectivity index is 0.859. The minimum atomic E-state index is -0.860. The fourth-order valence-corrected chi connectivity index (χ4v) is 9.74. The molecule has 4 aliphatic rings. The topological polar surface area (TPSA) is 180 Å². The quantitative estimate of drug-likeness (QED) is 0.115. The molecule has 15 heteroatoms. The van der Waals surface area contributed by atoms with Crippen molar-refractivity contribution in [2.24, 2.45) is 10.9 Å². The van der Waals surface area contributed by atoms with Crippen LogP contribution in [0.2, 0.25) is 0 Å². The van der Waals surface area contributed by atoms with Gasteiger partial charge in [0.25, 0.3) is 0 Å². The standard InChI is InChI=1S/C49H54N8O7/c1-62-48(60)54-42(32-8-4-3-5-9-32)46(58)56-22-7-11-41(56)45-51-29-39(53-45)37-19-18-35-26-34(16-17-36(35)27-37)30-12-14-31(15-13-30)38-28-50-44(52-38)40-10-6-23-57(40)47(59)43(55-49(61)63-2)33-20-24-64-25-21-33/h3-5,8-9,12-19,26-28,33,40-43,45,51H,6-7,10-11,20-25,29H2,1-2H3,(H,50,52)(H,54,60)(H,55,61)/t40-,41-,42+,43-,45?/m0/s1. The van der Waals surface area contributed by atoms with Crippen LogP contribution in [0.4, 0.5) is 9.59 Å². The number of aromatic nitrogens is 2. The summed E-state index contributed by atoms with van der Waals surface area (Å²) in [5.41, 5.74) is 6.71. The minimum Gasteiger partial charge on any atom is -0.453 e. The Labute approximate surface area is 371 Å². The Morgan fingerprint density at radius 2 is 1.39 bits per heavy atom. The monoisotopic (exact) mass is 866 g/mol. The number of rotatable bonds is 11. The Hall–Kier alpha value is -6.58. The van der Waals surface area contributed by atoms with Crippen molar-refractivity contribution >= 4 is 40.5 Å². The number of aromatic amines is 1. The van der Waals surface area contributed by atoms with E-state index >= 15 is 0 Å². The summed E-state index contributed by atoms with van der Waals surface area (Å²) in [4.78, 5) is 69.6. The summed E-state index contributed by atoms with van der Waals surface area (Å²) in [6.07, 6.45) is 4.97. The van der Waals surface area contributed by atoms with Crippen LogP contribution in [0, 0.1) is 5.92 Å². The Bertz CT molecular complexity index is 2520. The van der Waals surface area contributed by atoms with Gasteiger partial charge in [0, 0.05) is 32.8 Å². The number of aliphatic imine (C=N–C) groups is 1. The van der Waals surface area contributed by atoms with Crippen LogP contribution in [0.15, 0.2) is 102 Å². The number of hydrogen-bond acceptors (Lipinski definition) is 10. The molecule has 0 bridgehead atoms. The zero-order chi connectivity index (χ0) is 44.2. The van der Waals surface area contributed by atoms with Crippen molar-refractivity contribution in [2.75, 3.05) is 47.1 Å². The van der Waals surface area contributed by atoms with E-state index < -0.39 is 24.3 Å². The molecule has 9 rings (SSSR count). The molecule has 15 nitrogen and oxygen atoms in total. The van der Waals surface area contributed by atoms with Crippen molar-refractivity contribution in [3.8, 4) is 22.4 Å². The number of ether oxygens (including phenoxy) is 3. The molecule has 3 saturated heterocycles. The third-order valence-electron chi connectivity index (χ3n) is 13.2. The first-order valence-electron chi connectivity index (χ1n) is 22.2. The van der Waals surface area contributed by atoms with Crippen LogP contribution in [0.25, 0.3) is 33.2 Å². The van der Waals surface area contributed by atoms with Crippen molar-refractivity contribution in [1.82, 2.24) is 35.7 Å². The maximum absolute atomic E-state index is 14.0. The predicted octanol–water partition coefficient (Wildman–Crippen LogP) is 6.52. The molecule has 0 radical (unpaired) electrons. The maximum Gasteiger partial charge on any atom is 0.407 e. The number of H-pyrrole nitrogens is 1. The molecule has 4 aliphatic heterocycles. The highest BCUT2D eigenvalue weighted by molar-refractivity contribution is 6.06. The van der Waals surface area contributed by atoms with Gasteiger partial charge < -0.3 is 39.6 Å². The molecule has 0 aliphatic carbocycles. The number of likely N-dealkylation sites (tertiary alicyclic amines) is 2. The molecule has 5 atom stereocenters. The van der Waals surface area contributed by atoms with E-state index in [1.807, 2.05) is 46.3 Å². The van der Waals surface area contributed by atoms with Crippen molar-refractivity contribution in [2.45, 2.75) is 68.9 Å². The molecule has 332 valence electrons. The van der Waals surface area contributed by atoms with Crippen LogP contribution >= 0.6 is 0 Å². The molecule has 1 unspecified atom stereocenters. The summed E-state index contributed by atoms with van der Waals surface area (Å²) in [6.45, 7) is 2.88. The summed E-state index contributed by atoms with van der Waals surface area (Å²) < 4.78 is 15.3. The molecule has 64 heavy (non-hydrogen) atoms. The Morgan fingerprint density at radius 1 is 0.734 bits per heavy atom. The highest BCUT2D eigenvalue weighted by Crippen LogP contribution is 2.35. The molecule has 0 saturated carbocycles. The van der Waals surface area contributed by atoms with Crippen LogP contribution in [0.1, 0.15) is 67.6 Å². The van der Waals surface area contributed by atoms with E-state index in [1.54, 1.807) is 0 Å². The lowest BCUT2D eigenvalue weighted by Gasteiger charge is -2.34. The van der Waals surface area contributed by atoms with Crippen LogP contribution in [0.3, 0.4) is 0 Å². The fraction of sp³-hybridized carbons (Fsp3) is 0.388. The summed E-state index contributed by atoms with van der Waals surface area (Å²) in [6, 6.07) is 28.6. The molecule has 4 aromatic carbocycles. The number of nitrogens with zero attached hydrogens (tertiary/aromatic N) is 4. The number of carbonyl (C=O) groups excluding carboxylic acids is 4. The van der Waals surface area contributed by atoms with E-state index in [9.17, 15) is 19.2 Å². The number of alkyl carbamates (subject to hydrolysis) is 2. The normalized spacial score (nSPS) is 21.0. The first kappa shape index (κ1) is 42.7. The second-order valence-corrected chi connectivity index (χ2v) is 16.9. The smallest absolute Gasteiger partial charge is 0.407 e. The number of hydrogen-bond donors (Lipinski definition) is 4. The van der Waals surface area contributed by atoms with E-state index in [2.05, 4.69) is 81.6 Å². The summed E-state index contributed by atoms with van der Waals surface area (Å²) >= 11 is 0. The molecule has 4 amide bonds. The van der Waals surface area contributed by atoms with E-state index in [0.717, 1.165) is 75.9 Å². The molecule has 5 aromatic rings. The van der Waals surface area contributed by atoms with E-state index in [4.69, 9.17) is 24.2 Å². The molecular weight excluding hydrogens is 813 g/mol. The van der Waals surface area contributed by atoms with Gasteiger partial charge in [-0.15, -0.1) is 0 Å². The van der Waals surface area contributed by atoms with Crippen molar-refractivity contribution < 1.29 is 33.4 Å². The number of carbonyl (C=O) groups is 4. The van der Waals surface area contributed by atoms with Crippen LogP contribution in [-0.4, -0.2) is 115 Å². The third-order valence-corrected chi connectivity index (χ3v) is 13.2. The first-order chi connectivity index (χ1) is 31.3. The van der Waals surface area contributed by atoms with Crippen molar-refractivity contribution in [1.29, 1.82) is 0 Å². The zero-order valence-corrected chi connectivity index (χ0v) is 36.1. The lowest BCUT2D eigenvalue weighted by Crippen LogP contribution is -2.53. The largest absolute Gasteiger partial charge is 0.453 e. The molecule has 5 heterocycles. The molecular formula is C49H54N8O7. The van der Waals surface area contributed by atoms with Gasteiger partial charge in [-0.1, -0.05) is 78.9 Å². The summed E-state index contributed by atoms with van der Waals surface area (Å²) in [7, 11) is 2.60. The number of benzene rings is 4. The third kappa shape index (κ3) is 8.95. The van der Waals surface area contributed by atoms with Gasteiger partial charge in [0.15, 0.2) is 0 Å². The second kappa shape index (κ2) is 19.0. The van der Waals surface area contributed by atoms with Gasteiger partial charge in [-0.05, 0) is 95.2 Å². The van der Waals surface area contributed by atoms with Gasteiger partial charge in [0.2, 0.25) is 11.8 Å².